The molecule has 0 atom stereocenters. The summed E-state index contributed by atoms with van der Waals surface area (Å²) in [6.45, 7) is 7.10. The van der Waals surface area contributed by atoms with Crippen molar-refractivity contribution in [2.45, 2.75) is 90.9 Å². The smallest absolute Gasteiger partial charge is 0.247 e. The van der Waals surface area contributed by atoms with Crippen LogP contribution in [-0.4, -0.2) is 29.4 Å². The lowest BCUT2D eigenvalue weighted by molar-refractivity contribution is -0.115. The first-order valence-corrected chi connectivity index (χ1v) is 11.0. The van der Waals surface area contributed by atoms with Gasteiger partial charge in [0.05, 0.1) is 0 Å². The highest BCUT2D eigenvalue weighted by molar-refractivity contribution is 6.67. The van der Waals surface area contributed by atoms with Crippen LogP contribution >= 0.6 is 34.8 Å². The first kappa shape index (κ1) is 32.3. The standard InChI is InChI=1S/C14H27ClO.C4H5ClO.C3H5ClO2/c1-2-3-4-5-6-7-8-9-10-11-12-13-14(15)16;1-3(2)4(5)6;1-6-2-3(4)5/h2-13H2,1H3;1H2,2H3;2H2,1H3. The van der Waals surface area contributed by atoms with E-state index in [1.165, 1.54) is 64.9 Å². The lowest BCUT2D eigenvalue weighted by Crippen LogP contribution is -1.95. The molecule has 0 aliphatic carbocycles. The Morgan fingerprint density at radius 2 is 1.11 bits per heavy atom. The van der Waals surface area contributed by atoms with E-state index in [1.807, 2.05) is 0 Å². The van der Waals surface area contributed by atoms with Gasteiger partial charge in [-0.15, -0.1) is 0 Å². The molecule has 0 saturated carbocycles. The molecule has 0 aromatic rings. The first-order chi connectivity index (χ1) is 13.2. The maximum Gasteiger partial charge on any atom is 0.247 e. The molecule has 0 amide bonds. The van der Waals surface area contributed by atoms with E-state index in [-0.39, 0.29) is 11.8 Å². The number of methoxy groups -OCH3 is 1. The van der Waals surface area contributed by atoms with Crippen molar-refractivity contribution in [2.24, 2.45) is 0 Å². The van der Waals surface area contributed by atoms with Gasteiger partial charge in [-0.05, 0) is 48.1 Å². The number of hydrogen-bond donors (Lipinski definition) is 0. The number of hydrogen-bond acceptors (Lipinski definition) is 4. The molecule has 0 aromatic carbocycles. The van der Waals surface area contributed by atoms with Gasteiger partial charge in [-0.1, -0.05) is 77.7 Å². The van der Waals surface area contributed by atoms with Gasteiger partial charge in [0.1, 0.15) is 6.61 Å². The quantitative estimate of drug-likeness (QED) is 0.148. The average molecular weight is 460 g/mol. The second kappa shape index (κ2) is 26.6. The lowest BCUT2D eigenvalue weighted by Gasteiger charge is -2.01. The summed E-state index contributed by atoms with van der Waals surface area (Å²) >= 11 is 15.0. The molecule has 0 aromatic heterocycles. The normalized spacial score (nSPS) is 9.50. The Labute approximate surface area is 186 Å². The van der Waals surface area contributed by atoms with Crippen LogP contribution in [0.2, 0.25) is 0 Å². The van der Waals surface area contributed by atoms with E-state index >= 15 is 0 Å². The molecule has 0 N–H and O–H groups in total. The molecule has 0 spiro atoms. The minimum absolute atomic E-state index is 0.00154. The Balaban J connectivity index is -0.000000426. The van der Waals surface area contributed by atoms with Crippen LogP contribution in [0.25, 0.3) is 0 Å². The zero-order valence-electron chi connectivity index (χ0n) is 17.7. The summed E-state index contributed by atoms with van der Waals surface area (Å²) in [7, 11) is 1.42. The van der Waals surface area contributed by atoms with Crippen molar-refractivity contribution in [2.75, 3.05) is 13.7 Å². The molecule has 0 aliphatic rings. The molecule has 0 saturated heterocycles. The zero-order chi connectivity index (χ0) is 22.2. The van der Waals surface area contributed by atoms with Gasteiger partial charge >= 0.3 is 0 Å². The summed E-state index contributed by atoms with van der Waals surface area (Å²) in [6.07, 6.45) is 15.0. The third kappa shape index (κ3) is 40.3. The topological polar surface area (TPSA) is 60.4 Å². The van der Waals surface area contributed by atoms with E-state index < -0.39 is 10.5 Å². The van der Waals surface area contributed by atoms with Crippen molar-refractivity contribution in [1.29, 1.82) is 0 Å². The molecule has 0 bridgehead atoms. The first-order valence-electron chi connectivity index (χ1n) is 9.89. The molecule has 0 unspecified atom stereocenters. The number of ether oxygens (including phenoxy) is 1. The minimum atomic E-state index is -0.463. The largest absolute Gasteiger partial charge is 0.376 e. The van der Waals surface area contributed by atoms with E-state index in [1.54, 1.807) is 6.92 Å². The molecular formula is C21H37Cl3O4. The Hall–Kier alpha value is -0.420. The Bertz CT molecular complexity index is 400. The van der Waals surface area contributed by atoms with Crippen LogP contribution in [0.3, 0.4) is 0 Å². The van der Waals surface area contributed by atoms with Crippen LogP contribution in [0.5, 0.6) is 0 Å². The maximum absolute atomic E-state index is 10.5. The third-order valence-electron chi connectivity index (χ3n) is 3.57. The van der Waals surface area contributed by atoms with E-state index in [0.29, 0.717) is 12.0 Å². The van der Waals surface area contributed by atoms with Crippen molar-refractivity contribution in [3.63, 3.8) is 0 Å². The Morgan fingerprint density at radius 3 is 1.32 bits per heavy atom. The number of allylic oxidation sites excluding steroid dienone is 1. The molecule has 4 nitrogen and oxygen atoms in total. The second-order valence-electron chi connectivity index (χ2n) is 6.48. The number of unbranched alkanes of at least 4 members (excludes halogenated alkanes) is 10. The third-order valence-corrected chi connectivity index (χ3v) is 4.19. The van der Waals surface area contributed by atoms with Crippen molar-refractivity contribution < 1.29 is 19.1 Å². The molecule has 0 radical (unpaired) electrons. The van der Waals surface area contributed by atoms with Crippen molar-refractivity contribution in [3.05, 3.63) is 12.2 Å². The average Bonchev–Trinajstić information content (AvgIpc) is 2.60. The van der Waals surface area contributed by atoms with Gasteiger partial charge in [-0.2, -0.15) is 0 Å². The summed E-state index contributed by atoms with van der Waals surface area (Å²) in [6, 6.07) is 0. The zero-order valence-corrected chi connectivity index (χ0v) is 19.9. The molecule has 0 heterocycles. The molecule has 28 heavy (non-hydrogen) atoms. The van der Waals surface area contributed by atoms with Gasteiger partial charge in [0, 0.05) is 19.1 Å². The molecule has 166 valence electrons. The molecule has 0 fully saturated rings. The van der Waals surface area contributed by atoms with Crippen LogP contribution in [0, 0.1) is 0 Å². The van der Waals surface area contributed by atoms with Gasteiger partial charge in [-0.3, -0.25) is 14.4 Å². The Morgan fingerprint density at radius 1 is 0.750 bits per heavy atom. The highest BCUT2D eigenvalue weighted by Gasteiger charge is 1.96. The fourth-order valence-corrected chi connectivity index (χ4v) is 2.28. The summed E-state index contributed by atoms with van der Waals surface area (Å²) < 4.78 is 4.32. The number of carbonyl (C=O) groups excluding carboxylic acids is 3. The van der Waals surface area contributed by atoms with E-state index in [0.717, 1.165) is 12.8 Å². The fourth-order valence-electron chi connectivity index (χ4n) is 2.04. The predicted octanol–water partition coefficient (Wildman–Crippen LogP) is 7.18. The van der Waals surface area contributed by atoms with Crippen molar-refractivity contribution in [1.82, 2.24) is 0 Å². The summed E-state index contributed by atoms with van der Waals surface area (Å²) in [5, 5.41) is -1.11. The maximum atomic E-state index is 10.5. The molecule has 7 heteroatoms. The van der Waals surface area contributed by atoms with Gasteiger partial charge in [0.25, 0.3) is 0 Å². The molecule has 0 rings (SSSR count). The van der Waals surface area contributed by atoms with Gasteiger partial charge in [-0.25, -0.2) is 0 Å². The number of halogens is 3. The van der Waals surface area contributed by atoms with E-state index in [9.17, 15) is 14.4 Å². The van der Waals surface area contributed by atoms with E-state index in [4.69, 9.17) is 34.8 Å². The SMILES string of the molecule is C=C(C)C(=O)Cl.CCCCCCCCCCCCCC(=O)Cl.COCC(=O)Cl. The highest BCUT2D eigenvalue weighted by Crippen LogP contribution is 2.12. The van der Waals surface area contributed by atoms with Crippen LogP contribution in [0.1, 0.15) is 90.9 Å². The Kier molecular flexibility index (Phi) is 30.6. The van der Waals surface area contributed by atoms with Crippen LogP contribution in [0.4, 0.5) is 0 Å². The second-order valence-corrected chi connectivity index (χ2v) is 7.67. The van der Waals surface area contributed by atoms with Gasteiger partial charge in [0.15, 0.2) is 0 Å². The van der Waals surface area contributed by atoms with Crippen LogP contribution in [0.15, 0.2) is 12.2 Å². The molecular weight excluding hydrogens is 423 g/mol. The van der Waals surface area contributed by atoms with E-state index in [2.05, 4.69) is 18.2 Å². The summed E-state index contributed by atoms with van der Waals surface area (Å²) in [5.41, 5.74) is 0.386. The summed E-state index contributed by atoms with van der Waals surface area (Å²) in [4.78, 5) is 30.0. The van der Waals surface area contributed by atoms with Crippen LogP contribution < -0.4 is 0 Å². The molecule has 0 aliphatic heterocycles. The van der Waals surface area contributed by atoms with Gasteiger partial charge in [0.2, 0.25) is 15.7 Å². The van der Waals surface area contributed by atoms with Gasteiger partial charge < -0.3 is 4.74 Å². The minimum Gasteiger partial charge on any atom is -0.376 e. The number of rotatable bonds is 15. The number of carbonyl (C=O) groups is 3. The summed E-state index contributed by atoms with van der Waals surface area (Å²) in [5.74, 6) is 0. The monoisotopic (exact) mass is 458 g/mol. The van der Waals surface area contributed by atoms with Crippen molar-refractivity contribution in [3.8, 4) is 0 Å². The highest BCUT2D eigenvalue weighted by atomic mass is 35.5. The van der Waals surface area contributed by atoms with Crippen molar-refractivity contribution >= 4 is 50.5 Å². The fraction of sp³-hybridized carbons (Fsp3) is 0.762. The lowest BCUT2D eigenvalue weighted by atomic mass is 10.1. The van der Waals surface area contributed by atoms with Crippen LogP contribution in [-0.2, 0) is 19.1 Å². The predicted molar refractivity (Wildman–Crippen MR) is 120 cm³/mol.